The molecule has 0 aliphatic carbocycles. The molecule has 3 rings (SSSR count). The van der Waals surface area contributed by atoms with Gasteiger partial charge in [-0.25, -0.2) is 0 Å². The molecule has 0 saturated heterocycles. The molecule has 110 valence electrons. The highest BCUT2D eigenvalue weighted by Gasteiger charge is 2.32. The number of esters is 1. The number of rotatable bonds is 5. The number of hydrogen-bond donors (Lipinski definition) is 0. The first kappa shape index (κ1) is 14.1. The van der Waals surface area contributed by atoms with E-state index in [9.17, 15) is 9.59 Å². The van der Waals surface area contributed by atoms with Crippen LogP contribution in [0, 0.1) is 0 Å². The molecule has 2 aromatic rings. The second-order valence-electron chi connectivity index (χ2n) is 5.11. The van der Waals surface area contributed by atoms with E-state index in [-0.39, 0.29) is 17.7 Å². The number of ether oxygens (including phenoxy) is 1. The van der Waals surface area contributed by atoms with Crippen LogP contribution in [0.25, 0.3) is 0 Å². The second kappa shape index (κ2) is 5.85. The summed E-state index contributed by atoms with van der Waals surface area (Å²) in [6.45, 7) is 3.13. The Morgan fingerprint density at radius 2 is 2.24 bits per heavy atom. The molecule has 21 heavy (non-hydrogen) atoms. The lowest BCUT2D eigenvalue weighted by Gasteiger charge is -2.08. The second-order valence-corrected chi connectivity index (χ2v) is 6.06. The summed E-state index contributed by atoms with van der Waals surface area (Å²) >= 11 is 1.44. The number of carbonyl (C=O) groups is 2. The molecule has 1 aliphatic rings. The van der Waals surface area contributed by atoms with Crippen molar-refractivity contribution in [1.82, 2.24) is 4.57 Å². The maximum Gasteiger partial charge on any atom is 0.315 e. The summed E-state index contributed by atoms with van der Waals surface area (Å²) in [5.74, 6) is -0.385. The van der Waals surface area contributed by atoms with Crippen LogP contribution < -0.4 is 0 Å². The van der Waals surface area contributed by atoms with Gasteiger partial charge in [0.2, 0.25) is 5.78 Å². The van der Waals surface area contributed by atoms with Gasteiger partial charge in [-0.1, -0.05) is 13.0 Å². The topological polar surface area (TPSA) is 48.3 Å². The average Bonchev–Trinajstić information content (AvgIpc) is 3.19. The number of thiophene rings is 1. The van der Waals surface area contributed by atoms with Crippen molar-refractivity contribution in [3.63, 3.8) is 0 Å². The van der Waals surface area contributed by atoms with E-state index in [1.807, 2.05) is 41.1 Å². The Balaban J connectivity index is 1.83. The third-order valence-corrected chi connectivity index (χ3v) is 4.59. The highest BCUT2D eigenvalue weighted by atomic mass is 32.1. The minimum Gasteiger partial charge on any atom is -0.465 e. The lowest BCUT2D eigenvalue weighted by atomic mass is 10.1. The molecule has 1 unspecified atom stereocenters. The molecule has 3 heterocycles. The Morgan fingerprint density at radius 1 is 1.38 bits per heavy atom. The monoisotopic (exact) mass is 303 g/mol. The first-order chi connectivity index (χ1) is 10.2. The fraction of sp³-hybridized carbons (Fsp3) is 0.375. The van der Waals surface area contributed by atoms with Gasteiger partial charge in [0.1, 0.15) is 0 Å². The van der Waals surface area contributed by atoms with Gasteiger partial charge < -0.3 is 9.30 Å². The van der Waals surface area contributed by atoms with Crippen LogP contribution >= 0.6 is 11.3 Å². The minimum atomic E-state index is -0.235. The maximum atomic E-state index is 12.5. The first-order valence-electron chi connectivity index (χ1n) is 7.16. The van der Waals surface area contributed by atoms with Crippen LogP contribution in [0.4, 0.5) is 0 Å². The molecule has 1 atom stereocenters. The van der Waals surface area contributed by atoms with Gasteiger partial charge in [0, 0.05) is 12.2 Å². The largest absolute Gasteiger partial charge is 0.465 e. The Morgan fingerprint density at radius 3 is 2.95 bits per heavy atom. The Labute approximate surface area is 127 Å². The molecule has 0 radical (unpaired) electrons. The van der Waals surface area contributed by atoms with Crippen molar-refractivity contribution in [2.75, 3.05) is 6.61 Å². The van der Waals surface area contributed by atoms with E-state index in [4.69, 9.17) is 4.74 Å². The molecular weight excluding hydrogens is 286 g/mol. The van der Waals surface area contributed by atoms with E-state index < -0.39 is 0 Å². The Hall–Kier alpha value is -1.88. The maximum absolute atomic E-state index is 12.5. The summed E-state index contributed by atoms with van der Waals surface area (Å²) in [4.78, 5) is 25.2. The van der Waals surface area contributed by atoms with E-state index >= 15 is 0 Å². The Bertz CT molecular complexity index is 657. The van der Waals surface area contributed by atoms with Crippen LogP contribution in [0.2, 0.25) is 0 Å². The lowest BCUT2D eigenvalue weighted by molar-refractivity contribution is -0.145. The van der Waals surface area contributed by atoms with Gasteiger partial charge in [0.05, 0.1) is 23.1 Å². The van der Waals surface area contributed by atoms with E-state index in [0.29, 0.717) is 25.3 Å². The number of nitrogens with zero attached hydrogens (tertiary/aromatic N) is 1. The molecular formula is C16H17NO3S. The van der Waals surface area contributed by atoms with Gasteiger partial charge >= 0.3 is 5.97 Å². The molecule has 0 spiro atoms. The summed E-state index contributed by atoms with van der Waals surface area (Å²) in [7, 11) is 0. The molecule has 0 N–H and O–H groups in total. The van der Waals surface area contributed by atoms with Crippen LogP contribution in [0.1, 0.15) is 46.7 Å². The standard InChI is InChI=1S/C16H17NO3S/c1-2-9-20-16(19)11-7-8-17-12(11)5-6-13(17)15(18)14-4-3-10-21-14/h3-6,10-11H,2,7-9H2,1H3. The van der Waals surface area contributed by atoms with E-state index in [1.54, 1.807) is 0 Å². The van der Waals surface area contributed by atoms with Crippen molar-refractivity contribution >= 4 is 23.1 Å². The van der Waals surface area contributed by atoms with Crippen LogP contribution in [-0.2, 0) is 16.1 Å². The number of ketones is 1. The van der Waals surface area contributed by atoms with E-state index in [1.165, 1.54) is 11.3 Å². The van der Waals surface area contributed by atoms with Crippen LogP contribution in [0.15, 0.2) is 29.6 Å². The number of hydrogen-bond acceptors (Lipinski definition) is 4. The quantitative estimate of drug-likeness (QED) is 0.629. The molecule has 0 bridgehead atoms. The van der Waals surface area contributed by atoms with Crippen LogP contribution in [-0.4, -0.2) is 22.9 Å². The lowest BCUT2D eigenvalue weighted by Crippen LogP contribution is -2.14. The highest BCUT2D eigenvalue weighted by molar-refractivity contribution is 7.12. The number of aromatic nitrogens is 1. The van der Waals surface area contributed by atoms with Crippen LogP contribution in [0.3, 0.4) is 0 Å². The van der Waals surface area contributed by atoms with Crippen molar-refractivity contribution in [3.8, 4) is 0 Å². The summed E-state index contributed by atoms with van der Waals surface area (Å²) in [6.07, 6.45) is 1.53. The van der Waals surface area contributed by atoms with Gasteiger partial charge in [-0.05, 0) is 36.4 Å². The fourth-order valence-corrected chi connectivity index (χ4v) is 3.39. The van der Waals surface area contributed by atoms with E-state index in [2.05, 4.69) is 0 Å². The molecule has 0 fully saturated rings. The predicted molar refractivity (Wildman–Crippen MR) is 80.8 cm³/mol. The highest BCUT2D eigenvalue weighted by Crippen LogP contribution is 2.32. The summed E-state index contributed by atoms with van der Waals surface area (Å²) in [6, 6.07) is 7.40. The van der Waals surface area contributed by atoms with Crippen molar-refractivity contribution in [2.24, 2.45) is 0 Å². The molecule has 4 nitrogen and oxygen atoms in total. The van der Waals surface area contributed by atoms with E-state index in [0.717, 1.165) is 17.0 Å². The van der Waals surface area contributed by atoms with Gasteiger partial charge in [-0.2, -0.15) is 0 Å². The normalized spacial score (nSPS) is 16.7. The fourth-order valence-electron chi connectivity index (χ4n) is 2.72. The summed E-state index contributed by atoms with van der Waals surface area (Å²) < 4.78 is 7.20. The van der Waals surface area contributed by atoms with Gasteiger partial charge in [-0.3, -0.25) is 9.59 Å². The first-order valence-corrected chi connectivity index (χ1v) is 8.04. The third kappa shape index (κ3) is 2.53. The number of carbonyl (C=O) groups excluding carboxylic acids is 2. The smallest absolute Gasteiger partial charge is 0.315 e. The molecule has 5 heteroatoms. The van der Waals surface area contributed by atoms with Crippen molar-refractivity contribution in [1.29, 1.82) is 0 Å². The minimum absolute atomic E-state index is 0.0267. The SMILES string of the molecule is CCCOC(=O)C1CCn2c(C(=O)c3cccs3)ccc21. The third-order valence-electron chi connectivity index (χ3n) is 3.72. The predicted octanol–water partition coefficient (Wildman–Crippen LogP) is 3.22. The zero-order valence-corrected chi connectivity index (χ0v) is 12.7. The number of fused-ring (bicyclic) bond motifs is 1. The van der Waals surface area contributed by atoms with Gasteiger partial charge in [-0.15, -0.1) is 11.3 Å². The molecule has 0 amide bonds. The Kier molecular flexibility index (Phi) is 3.92. The van der Waals surface area contributed by atoms with Crippen LogP contribution in [0.5, 0.6) is 0 Å². The van der Waals surface area contributed by atoms with Gasteiger partial charge in [0.15, 0.2) is 0 Å². The summed E-state index contributed by atoms with van der Waals surface area (Å²) in [5, 5.41) is 1.89. The molecule has 2 aromatic heterocycles. The van der Waals surface area contributed by atoms with Crippen molar-refractivity contribution in [2.45, 2.75) is 32.2 Å². The van der Waals surface area contributed by atoms with Crippen molar-refractivity contribution < 1.29 is 14.3 Å². The zero-order chi connectivity index (χ0) is 14.8. The van der Waals surface area contributed by atoms with Crippen molar-refractivity contribution in [3.05, 3.63) is 45.9 Å². The molecule has 0 saturated carbocycles. The van der Waals surface area contributed by atoms with Gasteiger partial charge in [0.25, 0.3) is 0 Å². The molecule has 0 aromatic carbocycles. The zero-order valence-electron chi connectivity index (χ0n) is 11.9. The average molecular weight is 303 g/mol. The summed E-state index contributed by atoms with van der Waals surface area (Å²) in [5.41, 5.74) is 1.56. The molecule has 1 aliphatic heterocycles.